The van der Waals surface area contributed by atoms with Crippen molar-refractivity contribution in [3.8, 4) is 0 Å². The highest BCUT2D eigenvalue weighted by molar-refractivity contribution is 6.03. The number of hydrogen-bond acceptors (Lipinski definition) is 4. The molecule has 0 bridgehead atoms. The van der Waals surface area contributed by atoms with Gasteiger partial charge in [-0.25, -0.2) is 9.87 Å². The predicted octanol–water partition coefficient (Wildman–Crippen LogP) is 2.57. The molecule has 0 aliphatic carbocycles. The summed E-state index contributed by atoms with van der Waals surface area (Å²) in [6.45, 7) is 0.261. The molecule has 5 nitrogen and oxygen atoms in total. The fraction of sp³-hybridized carbons (Fsp3) is 0.176. The molecule has 0 spiro atoms. The average Bonchev–Trinajstić information content (AvgIpc) is 3.06. The molecule has 0 saturated heterocycles. The van der Waals surface area contributed by atoms with Crippen LogP contribution in [-0.2, 0) is 21.1 Å². The number of hydroxylamine groups is 1. The quantitative estimate of drug-likeness (QED) is 0.863. The smallest absolute Gasteiger partial charge is 0.287 e. The van der Waals surface area contributed by atoms with E-state index in [4.69, 9.17) is 9.68 Å². The van der Waals surface area contributed by atoms with Crippen molar-refractivity contribution in [1.29, 1.82) is 0 Å². The summed E-state index contributed by atoms with van der Waals surface area (Å²) in [5, 5.41) is 3.85. The molecule has 0 fully saturated rings. The zero-order valence-corrected chi connectivity index (χ0v) is 12.2. The van der Waals surface area contributed by atoms with Gasteiger partial charge in [0.05, 0.1) is 12.3 Å². The SMILES string of the molecule is O=C(NOCc1ccccc1)[C@@H]1CC(c2cccc(F)c2)=NO1. The predicted molar refractivity (Wildman–Crippen MR) is 81.8 cm³/mol. The van der Waals surface area contributed by atoms with E-state index in [9.17, 15) is 9.18 Å². The average molecular weight is 314 g/mol. The number of benzene rings is 2. The maximum absolute atomic E-state index is 13.2. The number of halogens is 1. The van der Waals surface area contributed by atoms with Crippen LogP contribution < -0.4 is 5.48 Å². The van der Waals surface area contributed by atoms with Crippen molar-refractivity contribution in [3.05, 3.63) is 71.5 Å². The third kappa shape index (κ3) is 3.92. The Bertz CT molecular complexity index is 719. The van der Waals surface area contributed by atoms with Gasteiger partial charge >= 0.3 is 0 Å². The molecule has 2 aromatic rings. The largest absolute Gasteiger partial charge is 0.382 e. The summed E-state index contributed by atoms with van der Waals surface area (Å²) in [6.07, 6.45) is -0.506. The second kappa shape index (κ2) is 7.02. The van der Waals surface area contributed by atoms with Gasteiger partial charge in [0.15, 0.2) is 0 Å². The summed E-state index contributed by atoms with van der Waals surface area (Å²) in [6, 6.07) is 15.5. The molecule has 1 aliphatic rings. The third-order valence-corrected chi connectivity index (χ3v) is 3.37. The minimum atomic E-state index is -0.774. The molecule has 1 atom stereocenters. The maximum atomic E-state index is 13.2. The summed E-state index contributed by atoms with van der Waals surface area (Å²) in [7, 11) is 0. The van der Waals surface area contributed by atoms with E-state index in [2.05, 4.69) is 10.6 Å². The van der Waals surface area contributed by atoms with Crippen LogP contribution in [0.15, 0.2) is 59.8 Å². The minimum absolute atomic E-state index is 0.261. The van der Waals surface area contributed by atoms with E-state index >= 15 is 0 Å². The third-order valence-electron chi connectivity index (χ3n) is 3.37. The summed E-state index contributed by atoms with van der Waals surface area (Å²) in [5.41, 5.74) is 4.42. The first-order valence-electron chi connectivity index (χ1n) is 7.16. The van der Waals surface area contributed by atoms with E-state index in [0.29, 0.717) is 11.3 Å². The standard InChI is InChI=1S/C17H15FN2O3/c18-14-8-4-7-13(9-14)15-10-16(23-19-15)17(21)20-22-11-12-5-2-1-3-6-12/h1-9,16H,10-11H2,(H,20,21)/t16-/m0/s1. The minimum Gasteiger partial charge on any atom is -0.382 e. The van der Waals surface area contributed by atoms with E-state index in [-0.39, 0.29) is 18.8 Å². The van der Waals surface area contributed by atoms with Gasteiger partial charge in [0.2, 0.25) is 6.10 Å². The normalized spacial score (nSPS) is 16.6. The van der Waals surface area contributed by atoms with Crippen LogP contribution in [0.1, 0.15) is 17.5 Å². The molecular weight excluding hydrogens is 299 g/mol. The van der Waals surface area contributed by atoms with Gasteiger partial charge < -0.3 is 4.84 Å². The molecule has 1 heterocycles. The van der Waals surface area contributed by atoms with Crippen molar-refractivity contribution < 1.29 is 18.9 Å². The molecule has 3 rings (SSSR count). The van der Waals surface area contributed by atoms with Crippen LogP contribution >= 0.6 is 0 Å². The number of rotatable bonds is 5. The molecular formula is C17H15FN2O3. The molecule has 118 valence electrons. The lowest BCUT2D eigenvalue weighted by atomic mass is 10.0. The second-order valence-corrected chi connectivity index (χ2v) is 5.09. The summed E-state index contributed by atoms with van der Waals surface area (Å²) in [4.78, 5) is 22.2. The lowest BCUT2D eigenvalue weighted by Gasteiger charge is -2.09. The molecule has 6 heteroatoms. The highest BCUT2D eigenvalue weighted by Gasteiger charge is 2.29. The Hall–Kier alpha value is -2.73. The van der Waals surface area contributed by atoms with Crippen LogP contribution in [0.2, 0.25) is 0 Å². The first-order valence-corrected chi connectivity index (χ1v) is 7.16. The van der Waals surface area contributed by atoms with Crippen LogP contribution in [0.25, 0.3) is 0 Å². The number of nitrogens with one attached hydrogen (secondary N) is 1. The number of carbonyl (C=O) groups is 1. The molecule has 0 saturated carbocycles. The van der Waals surface area contributed by atoms with Crippen LogP contribution in [-0.4, -0.2) is 17.7 Å². The highest BCUT2D eigenvalue weighted by atomic mass is 19.1. The van der Waals surface area contributed by atoms with Gasteiger partial charge in [0, 0.05) is 12.0 Å². The first-order chi connectivity index (χ1) is 11.2. The van der Waals surface area contributed by atoms with Crippen LogP contribution in [0.4, 0.5) is 4.39 Å². The van der Waals surface area contributed by atoms with Crippen molar-refractivity contribution in [2.24, 2.45) is 5.16 Å². The Kier molecular flexibility index (Phi) is 4.63. The summed E-state index contributed by atoms with van der Waals surface area (Å²) >= 11 is 0. The van der Waals surface area contributed by atoms with Gasteiger partial charge in [-0.15, -0.1) is 0 Å². The number of hydrogen-bond donors (Lipinski definition) is 1. The number of oxime groups is 1. The van der Waals surface area contributed by atoms with Crippen LogP contribution in [0.3, 0.4) is 0 Å². The topological polar surface area (TPSA) is 59.9 Å². The Labute approximate surface area is 132 Å². The van der Waals surface area contributed by atoms with Crippen molar-refractivity contribution in [3.63, 3.8) is 0 Å². The molecule has 0 aromatic heterocycles. The Morgan fingerprint density at radius 1 is 1.26 bits per heavy atom. The number of carbonyl (C=O) groups excluding carboxylic acids is 1. The van der Waals surface area contributed by atoms with E-state index in [1.807, 2.05) is 30.3 Å². The van der Waals surface area contributed by atoms with Crippen molar-refractivity contribution in [2.45, 2.75) is 19.1 Å². The van der Waals surface area contributed by atoms with E-state index in [1.54, 1.807) is 12.1 Å². The fourth-order valence-corrected chi connectivity index (χ4v) is 2.19. The first kappa shape index (κ1) is 15.2. The Balaban J connectivity index is 1.49. The molecule has 1 N–H and O–H groups in total. The van der Waals surface area contributed by atoms with Gasteiger partial charge in [0.1, 0.15) is 5.82 Å². The number of amides is 1. The summed E-state index contributed by atoms with van der Waals surface area (Å²) < 4.78 is 13.2. The van der Waals surface area contributed by atoms with E-state index in [0.717, 1.165) is 5.56 Å². The Morgan fingerprint density at radius 2 is 2.09 bits per heavy atom. The second-order valence-electron chi connectivity index (χ2n) is 5.09. The van der Waals surface area contributed by atoms with Gasteiger partial charge in [-0.05, 0) is 17.7 Å². The molecule has 1 amide bonds. The fourth-order valence-electron chi connectivity index (χ4n) is 2.19. The van der Waals surface area contributed by atoms with Crippen molar-refractivity contribution in [2.75, 3.05) is 0 Å². The molecule has 23 heavy (non-hydrogen) atoms. The Morgan fingerprint density at radius 3 is 2.87 bits per heavy atom. The molecule has 0 unspecified atom stereocenters. The van der Waals surface area contributed by atoms with E-state index < -0.39 is 12.0 Å². The van der Waals surface area contributed by atoms with Gasteiger partial charge in [-0.3, -0.25) is 9.63 Å². The van der Waals surface area contributed by atoms with Gasteiger partial charge in [0.25, 0.3) is 5.91 Å². The van der Waals surface area contributed by atoms with Crippen LogP contribution in [0.5, 0.6) is 0 Å². The maximum Gasteiger partial charge on any atom is 0.287 e. The zero-order valence-electron chi connectivity index (χ0n) is 12.2. The lowest BCUT2D eigenvalue weighted by Crippen LogP contribution is -2.34. The van der Waals surface area contributed by atoms with Gasteiger partial charge in [-0.1, -0.05) is 47.6 Å². The molecule has 0 radical (unpaired) electrons. The summed E-state index contributed by atoms with van der Waals surface area (Å²) in [5.74, 6) is -0.777. The zero-order chi connectivity index (χ0) is 16.1. The van der Waals surface area contributed by atoms with Crippen molar-refractivity contribution in [1.82, 2.24) is 5.48 Å². The van der Waals surface area contributed by atoms with E-state index in [1.165, 1.54) is 12.1 Å². The molecule has 2 aromatic carbocycles. The monoisotopic (exact) mass is 314 g/mol. The van der Waals surface area contributed by atoms with Gasteiger partial charge in [-0.2, -0.15) is 0 Å². The number of nitrogens with zero attached hydrogens (tertiary/aromatic N) is 1. The molecule has 1 aliphatic heterocycles. The van der Waals surface area contributed by atoms with Crippen molar-refractivity contribution >= 4 is 11.6 Å². The van der Waals surface area contributed by atoms with Crippen LogP contribution in [0, 0.1) is 5.82 Å². The lowest BCUT2D eigenvalue weighted by molar-refractivity contribution is -0.145. The highest BCUT2D eigenvalue weighted by Crippen LogP contribution is 2.17.